The Morgan fingerprint density at radius 3 is 2.45 bits per heavy atom. The van der Waals surface area contributed by atoms with Crippen LogP contribution in [0.1, 0.15) is 20.3 Å². The molecule has 2 N–H and O–H groups in total. The topological polar surface area (TPSA) is 61.4 Å². The van der Waals surface area contributed by atoms with E-state index < -0.39 is 11.6 Å². The molecule has 0 radical (unpaired) electrons. The summed E-state index contributed by atoms with van der Waals surface area (Å²) in [6.07, 6.45) is 0.143. The lowest BCUT2D eigenvalue weighted by atomic mass is 10.3. The predicted molar refractivity (Wildman–Crippen MR) is 80.4 cm³/mol. The summed E-state index contributed by atoms with van der Waals surface area (Å²) >= 11 is 0. The van der Waals surface area contributed by atoms with Crippen LogP contribution in [0.5, 0.6) is 0 Å². The van der Waals surface area contributed by atoms with Crippen molar-refractivity contribution < 1.29 is 18.4 Å². The van der Waals surface area contributed by atoms with Crippen LogP contribution in [0.2, 0.25) is 0 Å². The summed E-state index contributed by atoms with van der Waals surface area (Å²) in [5, 5.41) is 5.23. The van der Waals surface area contributed by atoms with E-state index in [4.69, 9.17) is 0 Å². The molecule has 1 rings (SSSR count). The molecule has 0 spiro atoms. The molecule has 1 aromatic carbocycles. The van der Waals surface area contributed by atoms with Gasteiger partial charge in [0.15, 0.2) is 11.6 Å². The molecule has 0 bridgehead atoms. The van der Waals surface area contributed by atoms with Crippen LogP contribution in [-0.2, 0) is 9.59 Å². The number of hydrogen-bond acceptors (Lipinski definition) is 3. The molecule has 7 heteroatoms. The number of halogens is 2. The summed E-state index contributed by atoms with van der Waals surface area (Å²) in [4.78, 5) is 25.0. The molecule has 0 atom stereocenters. The Balaban J connectivity index is 2.36. The summed E-state index contributed by atoms with van der Waals surface area (Å²) in [7, 11) is 1.73. The van der Waals surface area contributed by atoms with Crippen molar-refractivity contribution in [2.75, 3.05) is 25.5 Å². The van der Waals surface area contributed by atoms with Crippen molar-refractivity contribution in [2.45, 2.75) is 26.3 Å². The van der Waals surface area contributed by atoms with Crippen LogP contribution in [0.25, 0.3) is 0 Å². The number of carbonyl (C=O) groups excluding carboxylic acids is 2. The summed E-state index contributed by atoms with van der Waals surface area (Å²) in [6.45, 7) is 4.30. The van der Waals surface area contributed by atoms with Crippen molar-refractivity contribution >= 4 is 17.5 Å². The first-order chi connectivity index (χ1) is 10.3. The Bertz CT molecular complexity index is 536. The Labute approximate surface area is 128 Å². The summed E-state index contributed by atoms with van der Waals surface area (Å²) in [5.74, 6) is -2.42. The number of anilines is 1. The van der Waals surface area contributed by atoms with Gasteiger partial charge in [-0.1, -0.05) is 0 Å². The Kier molecular flexibility index (Phi) is 6.91. The Hall–Kier alpha value is -2.02. The standard InChI is InChI=1S/C15H21F2N3O2/c1-10(2)18-15(22)9-20(3)7-6-14(21)19-11-4-5-12(16)13(17)8-11/h4-5,8,10H,6-7,9H2,1-3H3,(H,18,22)(H,19,21). The molecule has 0 aliphatic heterocycles. The molecule has 0 saturated carbocycles. The summed E-state index contributed by atoms with van der Waals surface area (Å²) in [5.41, 5.74) is 0.198. The highest BCUT2D eigenvalue weighted by atomic mass is 19.2. The maximum absolute atomic E-state index is 13.0. The zero-order valence-electron chi connectivity index (χ0n) is 13.0. The van der Waals surface area contributed by atoms with Crippen LogP contribution < -0.4 is 10.6 Å². The molecule has 0 aromatic heterocycles. The monoisotopic (exact) mass is 313 g/mol. The van der Waals surface area contributed by atoms with E-state index >= 15 is 0 Å². The normalized spacial score (nSPS) is 10.9. The SMILES string of the molecule is CC(C)NC(=O)CN(C)CCC(=O)Nc1ccc(F)c(F)c1. The third-order valence-electron chi connectivity index (χ3n) is 2.79. The Morgan fingerprint density at radius 2 is 1.86 bits per heavy atom. The number of nitrogens with zero attached hydrogens (tertiary/aromatic N) is 1. The lowest BCUT2D eigenvalue weighted by Gasteiger charge is -2.17. The molecule has 122 valence electrons. The van der Waals surface area contributed by atoms with Crippen LogP contribution >= 0.6 is 0 Å². The number of likely N-dealkylation sites (N-methyl/N-ethyl adjacent to an activating group) is 1. The smallest absolute Gasteiger partial charge is 0.234 e. The van der Waals surface area contributed by atoms with Gasteiger partial charge in [0.2, 0.25) is 11.8 Å². The zero-order valence-corrected chi connectivity index (χ0v) is 13.0. The van der Waals surface area contributed by atoms with Gasteiger partial charge in [0.25, 0.3) is 0 Å². The minimum Gasteiger partial charge on any atom is -0.353 e. The first-order valence-corrected chi connectivity index (χ1v) is 7.00. The first kappa shape index (κ1) is 18.0. The van der Waals surface area contributed by atoms with Gasteiger partial charge in [-0.3, -0.25) is 14.5 Å². The fraction of sp³-hybridized carbons (Fsp3) is 0.467. The zero-order chi connectivity index (χ0) is 16.7. The second-order valence-corrected chi connectivity index (χ2v) is 5.39. The van der Waals surface area contributed by atoms with Gasteiger partial charge in [0.1, 0.15) is 0 Å². The van der Waals surface area contributed by atoms with Gasteiger partial charge in [0, 0.05) is 30.8 Å². The minimum atomic E-state index is -1.01. The molecule has 1 aromatic rings. The molecule has 2 amide bonds. The summed E-state index contributed by atoms with van der Waals surface area (Å²) in [6, 6.07) is 3.23. The lowest BCUT2D eigenvalue weighted by molar-refractivity contribution is -0.123. The van der Waals surface area contributed by atoms with Crippen molar-refractivity contribution in [3.8, 4) is 0 Å². The van der Waals surface area contributed by atoms with Crippen LogP contribution in [0.4, 0.5) is 14.5 Å². The van der Waals surface area contributed by atoms with Crippen molar-refractivity contribution in [2.24, 2.45) is 0 Å². The molecular formula is C15H21F2N3O2. The third kappa shape index (κ3) is 6.62. The average molecular weight is 313 g/mol. The van der Waals surface area contributed by atoms with E-state index in [9.17, 15) is 18.4 Å². The van der Waals surface area contributed by atoms with E-state index in [0.29, 0.717) is 6.54 Å². The van der Waals surface area contributed by atoms with Crippen molar-refractivity contribution in [3.63, 3.8) is 0 Å². The van der Waals surface area contributed by atoms with E-state index in [-0.39, 0.29) is 36.5 Å². The van der Waals surface area contributed by atoms with Crippen molar-refractivity contribution in [1.82, 2.24) is 10.2 Å². The van der Waals surface area contributed by atoms with Gasteiger partial charge in [-0.2, -0.15) is 0 Å². The average Bonchev–Trinajstić information content (AvgIpc) is 2.39. The first-order valence-electron chi connectivity index (χ1n) is 7.00. The van der Waals surface area contributed by atoms with Gasteiger partial charge in [-0.25, -0.2) is 8.78 Å². The highest BCUT2D eigenvalue weighted by molar-refractivity contribution is 5.90. The van der Waals surface area contributed by atoms with Crippen molar-refractivity contribution in [1.29, 1.82) is 0 Å². The molecular weight excluding hydrogens is 292 g/mol. The van der Waals surface area contributed by atoms with Gasteiger partial charge in [0.05, 0.1) is 6.54 Å². The molecule has 0 fully saturated rings. The maximum atomic E-state index is 13.0. The molecule has 0 saturated heterocycles. The van der Waals surface area contributed by atoms with Gasteiger partial charge < -0.3 is 10.6 Å². The second kappa shape index (κ2) is 8.43. The number of benzene rings is 1. The van der Waals surface area contributed by atoms with Gasteiger partial charge in [-0.05, 0) is 33.0 Å². The molecule has 22 heavy (non-hydrogen) atoms. The van der Waals surface area contributed by atoms with Crippen molar-refractivity contribution in [3.05, 3.63) is 29.8 Å². The number of rotatable bonds is 7. The van der Waals surface area contributed by atoms with Crippen LogP contribution in [-0.4, -0.2) is 42.9 Å². The molecule has 0 heterocycles. The van der Waals surface area contributed by atoms with Crippen LogP contribution in [0.3, 0.4) is 0 Å². The number of amides is 2. The third-order valence-corrected chi connectivity index (χ3v) is 2.79. The van der Waals surface area contributed by atoms with E-state index in [0.717, 1.165) is 12.1 Å². The van der Waals surface area contributed by atoms with E-state index in [1.165, 1.54) is 6.07 Å². The quantitative estimate of drug-likeness (QED) is 0.806. The molecule has 5 nitrogen and oxygen atoms in total. The molecule has 0 aliphatic carbocycles. The molecule has 0 unspecified atom stereocenters. The second-order valence-electron chi connectivity index (χ2n) is 5.39. The van der Waals surface area contributed by atoms with Gasteiger partial charge in [-0.15, -0.1) is 0 Å². The van der Waals surface area contributed by atoms with Crippen LogP contribution in [0, 0.1) is 11.6 Å². The fourth-order valence-corrected chi connectivity index (χ4v) is 1.78. The van der Waals surface area contributed by atoms with Crippen LogP contribution in [0.15, 0.2) is 18.2 Å². The highest BCUT2D eigenvalue weighted by Crippen LogP contribution is 2.13. The molecule has 0 aliphatic rings. The lowest BCUT2D eigenvalue weighted by Crippen LogP contribution is -2.39. The van der Waals surface area contributed by atoms with Gasteiger partial charge >= 0.3 is 0 Å². The maximum Gasteiger partial charge on any atom is 0.234 e. The fourth-order valence-electron chi connectivity index (χ4n) is 1.78. The number of carbonyl (C=O) groups is 2. The number of nitrogens with one attached hydrogen (secondary N) is 2. The minimum absolute atomic E-state index is 0.0672. The number of hydrogen-bond donors (Lipinski definition) is 2. The highest BCUT2D eigenvalue weighted by Gasteiger charge is 2.10. The Morgan fingerprint density at radius 1 is 1.18 bits per heavy atom. The van der Waals surface area contributed by atoms with E-state index in [2.05, 4.69) is 10.6 Å². The summed E-state index contributed by atoms with van der Waals surface area (Å²) < 4.78 is 25.8. The van der Waals surface area contributed by atoms with E-state index in [1.807, 2.05) is 13.8 Å². The largest absolute Gasteiger partial charge is 0.353 e. The predicted octanol–water partition coefficient (Wildman–Crippen LogP) is 1.75. The van der Waals surface area contributed by atoms with E-state index in [1.54, 1.807) is 11.9 Å².